The first-order valence-corrected chi connectivity index (χ1v) is 6.45. The molecule has 0 saturated carbocycles. The second kappa shape index (κ2) is 7.51. The maximum atomic E-state index is 12.3. The Morgan fingerprint density at radius 1 is 1.43 bits per heavy atom. The average Bonchev–Trinajstić information content (AvgIpc) is 2.37. The molecule has 0 spiro atoms. The second-order valence-corrected chi connectivity index (χ2v) is 4.78. The van der Waals surface area contributed by atoms with Gasteiger partial charge in [-0.25, -0.2) is 0 Å². The lowest BCUT2D eigenvalue weighted by Gasteiger charge is -2.23. The molecule has 0 unspecified atom stereocenters. The Labute approximate surface area is 125 Å². The Hall–Kier alpha value is -1.47. The van der Waals surface area contributed by atoms with Gasteiger partial charge in [-0.15, -0.1) is 0 Å². The van der Waals surface area contributed by atoms with E-state index in [0.717, 1.165) is 5.56 Å². The Kier molecular flexibility index (Phi) is 6.29. The van der Waals surface area contributed by atoms with E-state index >= 15 is 0 Å². The van der Waals surface area contributed by atoms with Crippen LogP contribution < -0.4 is 4.74 Å². The predicted octanol–water partition coefficient (Wildman–Crippen LogP) is 2.41. The predicted molar refractivity (Wildman–Crippen MR) is 71.4 cm³/mol. The molecule has 21 heavy (non-hydrogen) atoms. The van der Waals surface area contributed by atoms with E-state index in [1.54, 1.807) is 25.1 Å². The van der Waals surface area contributed by atoms with Gasteiger partial charge in [0.2, 0.25) is 0 Å². The summed E-state index contributed by atoms with van der Waals surface area (Å²) in [6.07, 6.45) is -4.54. The lowest BCUT2D eigenvalue weighted by Crippen LogP contribution is -2.42. The third-order valence-corrected chi connectivity index (χ3v) is 2.84. The number of aliphatic hydroxyl groups is 1. The van der Waals surface area contributed by atoms with E-state index < -0.39 is 38.4 Å². The van der Waals surface area contributed by atoms with Gasteiger partial charge in [0.1, 0.15) is 12.3 Å². The van der Waals surface area contributed by atoms with Crippen molar-refractivity contribution >= 4 is 17.5 Å². The van der Waals surface area contributed by atoms with Gasteiger partial charge in [0, 0.05) is 6.54 Å². The van der Waals surface area contributed by atoms with Gasteiger partial charge in [0.05, 0.1) is 11.6 Å². The van der Waals surface area contributed by atoms with Crippen molar-refractivity contribution in [1.82, 2.24) is 4.90 Å². The van der Waals surface area contributed by atoms with E-state index in [2.05, 4.69) is 0 Å². The zero-order valence-electron chi connectivity index (χ0n) is 11.3. The van der Waals surface area contributed by atoms with Crippen molar-refractivity contribution in [3.8, 4) is 5.75 Å². The van der Waals surface area contributed by atoms with Gasteiger partial charge in [-0.3, -0.25) is 4.79 Å². The molecule has 0 radical (unpaired) electrons. The van der Waals surface area contributed by atoms with E-state index in [1.807, 2.05) is 0 Å². The van der Waals surface area contributed by atoms with Gasteiger partial charge in [-0.05, 0) is 24.6 Å². The van der Waals surface area contributed by atoms with Crippen LogP contribution in [0.1, 0.15) is 5.56 Å². The summed E-state index contributed by atoms with van der Waals surface area (Å²) in [6.45, 7) is -1.21. The van der Waals surface area contributed by atoms with Gasteiger partial charge in [-0.1, -0.05) is 17.7 Å². The van der Waals surface area contributed by atoms with Crippen LogP contribution >= 0.6 is 11.6 Å². The van der Waals surface area contributed by atoms with Gasteiger partial charge in [-0.2, -0.15) is 13.2 Å². The molecule has 1 aromatic carbocycles. The Bertz CT molecular complexity index is 494. The Morgan fingerprint density at radius 3 is 2.67 bits per heavy atom. The first-order valence-electron chi connectivity index (χ1n) is 6.07. The van der Waals surface area contributed by atoms with E-state index in [9.17, 15) is 18.0 Å². The van der Waals surface area contributed by atoms with E-state index in [0.29, 0.717) is 4.90 Å². The lowest BCUT2D eigenvalue weighted by atomic mass is 10.2. The highest BCUT2D eigenvalue weighted by atomic mass is 35.5. The quantitative estimate of drug-likeness (QED) is 0.874. The molecular weight excluding hydrogens is 311 g/mol. The zero-order valence-corrected chi connectivity index (χ0v) is 12.0. The fourth-order valence-electron chi connectivity index (χ4n) is 1.58. The van der Waals surface area contributed by atoms with Crippen LogP contribution in [-0.4, -0.2) is 48.4 Å². The van der Waals surface area contributed by atoms with Crippen LogP contribution in [-0.2, 0) is 4.79 Å². The number of ether oxygens (including phenoxy) is 1. The number of aryl methyl sites for hydroxylation is 1. The van der Waals surface area contributed by atoms with Crippen molar-refractivity contribution in [2.75, 3.05) is 26.3 Å². The molecule has 0 aliphatic heterocycles. The van der Waals surface area contributed by atoms with Crippen molar-refractivity contribution in [1.29, 1.82) is 0 Å². The summed E-state index contributed by atoms with van der Waals surface area (Å²) in [7, 11) is 0. The maximum absolute atomic E-state index is 12.3. The standard InChI is InChI=1S/C13H15ClF3NO3/c1-9-2-3-10(14)11(6-9)21-7-12(20)18(4-5-19)8-13(15,16)17/h2-3,6,19H,4-5,7-8H2,1H3. The number of benzene rings is 1. The third kappa shape index (κ3) is 6.22. The number of hydrogen-bond donors (Lipinski definition) is 1. The van der Waals surface area contributed by atoms with Crippen LogP contribution in [0.15, 0.2) is 18.2 Å². The maximum Gasteiger partial charge on any atom is 0.406 e. The fourth-order valence-corrected chi connectivity index (χ4v) is 1.75. The summed E-state index contributed by atoms with van der Waals surface area (Å²) < 4.78 is 42.1. The molecule has 118 valence electrons. The number of rotatable bonds is 6. The number of nitrogens with zero attached hydrogens (tertiary/aromatic N) is 1. The minimum absolute atomic E-state index is 0.223. The lowest BCUT2D eigenvalue weighted by molar-refractivity contribution is -0.163. The second-order valence-electron chi connectivity index (χ2n) is 4.38. The van der Waals surface area contributed by atoms with E-state index in [-0.39, 0.29) is 10.8 Å². The summed E-state index contributed by atoms with van der Waals surface area (Å²) in [6, 6.07) is 4.88. The first-order chi connectivity index (χ1) is 9.73. The third-order valence-electron chi connectivity index (χ3n) is 2.53. The monoisotopic (exact) mass is 325 g/mol. The number of alkyl halides is 3. The molecule has 0 aliphatic carbocycles. The molecule has 0 fully saturated rings. The zero-order chi connectivity index (χ0) is 16.0. The Balaban J connectivity index is 2.67. The van der Waals surface area contributed by atoms with Crippen molar-refractivity contribution in [2.45, 2.75) is 13.1 Å². The van der Waals surface area contributed by atoms with Crippen LogP contribution in [0.5, 0.6) is 5.75 Å². The molecule has 1 aromatic rings. The number of carbonyl (C=O) groups excluding carboxylic acids is 1. The van der Waals surface area contributed by atoms with Crippen LogP contribution in [0, 0.1) is 6.92 Å². The number of aliphatic hydroxyl groups excluding tert-OH is 1. The molecular formula is C13H15ClF3NO3. The van der Waals surface area contributed by atoms with Gasteiger partial charge < -0.3 is 14.7 Å². The van der Waals surface area contributed by atoms with Crippen molar-refractivity contribution in [3.63, 3.8) is 0 Å². The molecule has 0 saturated heterocycles. The number of halogens is 4. The molecule has 1 amide bonds. The molecule has 0 aliphatic rings. The fraction of sp³-hybridized carbons (Fsp3) is 0.462. The summed E-state index contributed by atoms with van der Waals surface area (Å²) in [5, 5.41) is 8.99. The summed E-state index contributed by atoms with van der Waals surface area (Å²) in [4.78, 5) is 12.2. The van der Waals surface area contributed by atoms with Gasteiger partial charge >= 0.3 is 6.18 Å². The summed E-state index contributed by atoms with van der Waals surface area (Å²) in [5.74, 6) is -0.653. The van der Waals surface area contributed by atoms with Crippen LogP contribution in [0.2, 0.25) is 5.02 Å². The molecule has 4 nitrogen and oxygen atoms in total. The molecule has 8 heteroatoms. The highest BCUT2D eigenvalue weighted by molar-refractivity contribution is 6.32. The number of carbonyl (C=O) groups is 1. The smallest absolute Gasteiger partial charge is 0.406 e. The average molecular weight is 326 g/mol. The molecule has 0 aromatic heterocycles. The summed E-state index contributed by atoms with van der Waals surface area (Å²) in [5.41, 5.74) is 0.837. The van der Waals surface area contributed by atoms with E-state index in [1.165, 1.54) is 0 Å². The minimum atomic E-state index is -4.54. The molecule has 0 atom stereocenters. The Morgan fingerprint density at radius 2 is 2.10 bits per heavy atom. The minimum Gasteiger partial charge on any atom is -0.482 e. The number of hydrogen-bond acceptors (Lipinski definition) is 3. The largest absolute Gasteiger partial charge is 0.482 e. The van der Waals surface area contributed by atoms with Crippen molar-refractivity contribution in [3.05, 3.63) is 28.8 Å². The number of amides is 1. The highest BCUT2D eigenvalue weighted by Crippen LogP contribution is 2.25. The first kappa shape index (κ1) is 17.6. The molecule has 0 heterocycles. The van der Waals surface area contributed by atoms with Gasteiger partial charge in [0.25, 0.3) is 5.91 Å². The van der Waals surface area contributed by atoms with Crippen LogP contribution in [0.4, 0.5) is 13.2 Å². The molecule has 1 rings (SSSR count). The van der Waals surface area contributed by atoms with Gasteiger partial charge in [0.15, 0.2) is 6.61 Å². The SMILES string of the molecule is Cc1ccc(Cl)c(OCC(=O)N(CCO)CC(F)(F)F)c1. The van der Waals surface area contributed by atoms with Crippen molar-refractivity contribution < 1.29 is 27.8 Å². The van der Waals surface area contributed by atoms with Crippen molar-refractivity contribution in [2.24, 2.45) is 0 Å². The topological polar surface area (TPSA) is 49.8 Å². The molecule has 0 bridgehead atoms. The van der Waals surface area contributed by atoms with Crippen LogP contribution in [0.25, 0.3) is 0 Å². The normalized spacial score (nSPS) is 11.3. The summed E-state index contributed by atoms with van der Waals surface area (Å²) >= 11 is 5.86. The molecule has 1 N–H and O–H groups in total. The van der Waals surface area contributed by atoms with E-state index in [4.69, 9.17) is 21.4 Å². The highest BCUT2D eigenvalue weighted by Gasteiger charge is 2.32. The van der Waals surface area contributed by atoms with Crippen LogP contribution in [0.3, 0.4) is 0 Å².